The number of rotatable bonds is 48. The van der Waals surface area contributed by atoms with E-state index in [2.05, 4.69) is 13.8 Å². The molecule has 0 saturated heterocycles. The summed E-state index contributed by atoms with van der Waals surface area (Å²) in [5.41, 5.74) is 0. The first-order valence-electron chi connectivity index (χ1n) is 25.4. The third-order valence-electron chi connectivity index (χ3n) is 12.4. The van der Waals surface area contributed by atoms with Crippen molar-refractivity contribution >= 4 is 5.97 Å². The average Bonchev–Trinajstić information content (AvgIpc) is 3.16. The molecule has 53 heavy (non-hydrogen) atoms. The largest absolute Gasteiger partial charge is 0.481 e. The molecule has 0 heterocycles. The van der Waals surface area contributed by atoms with Crippen LogP contribution in [0, 0.1) is 5.92 Å². The topological polar surface area (TPSA) is 37.3 Å². The van der Waals surface area contributed by atoms with E-state index in [1.807, 2.05) is 0 Å². The fourth-order valence-electron chi connectivity index (χ4n) is 8.57. The third-order valence-corrected chi connectivity index (χ3v) is 12.4. The highest BCUT2D eigenvalue weighted by atomic mass is 16.4. The molecule has 0 rings (SSSR count). The van der Waals surface area contributed by atoms with Crippen molar-refractivity contribution in [2.45, 2.75) is 316 Å². The Morgan fingerprint density at radius 3 is 0.528 bits per heavy atom. The molecule has 0 bridgehead atoms. The van der Waals surface area contributed by atoms with E-state index in [-0.39, 0.29) is 5.92 Å². The van der Waals surface area contributed by atoms with Gasteiger partial charge in [-0.1, -0.05) is 303 Å². The van der Waals surface area contributed by atoms with Crippen LogP contribution < -0.4 is 0 Å². The van der Waals surface area contributed by atoms with Gasteiger partial charge in [0.1, 0.15) is 0 Å². The van der Waals surface area contributed by atoms with E-state index in [9.17, 15) is 9.90 Å². The predicted molar refractivity (Wildman–Crippen MR) is 239 cm³/mol. The molecule has 1 atom stereocenters. The summed E-state index contributed by atoms with van der Waals surface area (Å²) in [6.45, 7) is 4.60. The molecule has 0 aromatic carbocycles. The minimum absolute atomic E-state index is 0.102. The highest BCUT2D eigenvalue weighted by Gasteiger charge is 2.16. The molecule has 0 aliphatic rings. The van der Waals surface area contributed by atoms with E-state index in [1.165, 1.54) is 276 Å². The lowest BCUT2D eigenvalue weighted by atomic mass is 9.94. The number of carboxylic acid groups (broad SMARTS) is 1. The van der Waals surface area contributed by atoms with Crippen LogP contribution in [0.2, 0.25) is 0 Å². The van der Waals surface area contributed by atoms with Crippen LogP contribution in [-0.4, -0.2) is 11.1 Å². The molecule has 0 amide bonds. The van der Waals surface area contributed by atoms with Gasteiger partial charge in [-0.15, -0.1) is 0 Å². The zero-order chi connectivity index (χ0) is 38.4. The van der Waals surface area contributed by atoms with Crippen molar-refractivity contribution in [1.29, 1.82) is 0 Å². The van der Waals surface area contributed by atoms with Crippen molar-refractivity contribution < 1.29 is 9.90 Å². The Bertz CT molecular complexity index is 659. The second kappa shape index (κ2) is 47.6. The predicted octanol–water partition coefficient (Wildman–Crippen LogP) is 19.1. The Labute approximate surface area is 336 Å². The van der Waals surface area contributed by atoms with Crippen molar-refractivity contribution in [3.63, 3.8) is 0 Å². The molecule has 1 unspecified atom stereocenters. The number of carbonyl (C=O) groups is 1. The lowest BCUT2D eigenvalue weighted by molar-refractivity contribution is -0.142. The molecule has 0 saturated carbocycles. The van der Waals surface area contributed by atoms with Gasteiger partial charge in [0.2, 0.25) is 0 Å². The molecular weight excluding hydrogens is 645 g/mol. The Balaban J connectivity index is 3.31. The Hall–Kier alpha value is -0.530. The molecule has 2 nitrogen and oxygen atoms in total. The monoisotopic (exact) mass is 747 g/mol. The normalized spacial score (nSPS) is 12.2. The highest BCUT2D eigenvalue weighted by molar-refractivity contribution is 5.69. The summed E-state index contributed by atoms with van der Waals surface area (Å²) in [5, 5.41) is 9.72. The van der Waals surface area contributed by atoms with Gasteiger partial charge in [0.15, 0.2) is 0 Å². The van der Waals surface area contributed by atoms with Crippen molar-refractivity contribution in [3.8, 4) is 0 Å². The minimum Gasteiger partial charge on any atom is -0.481 e. The maximum absolute atomic E-state index is 11.8. The smallest absolute Gasteiger partial charge is 0.306 e. The zero-order valence-corrected chi connectivity index (χ0v) is 37.2. The van der Waals surface area contributed by atoms with E-state index < -0.39 is 5.97 Å². The molecule has 0 fully saturated rings. The van der Waals surface area contributed by atoms with Crippen molar-refractivity contribution in [2.24, 2.45) is 5.92 Å². The molecule has 0 aliphatic heterocycles. The summed E-state index contributed by atoms with van der Waals surface area (Å²) in [5.74, 6) is -0.651. The van der Waals surface area contributed by atoms with E-state index in [1.54, 1.807) is 0 Å². The fraction of sp³-hybridized carbons (Fsp3) is 0.980. The van der Waals surface area contributed by atoms with Crippen LogP contribution in [0.25, 0.3) is 0 Å². The van der Waals surface area contributed by atoms with Crippen LogP contribution in [0.15, 0.2) is 0 Å². The maximum atomic E-state index is 11.8. The van der Waals surface area contributed by atoms with Crippen LogP contribution in [0.1, 0.15) is 316 Å². The van der Waals surface area contributed by atoms with Gasteiger partial charge in [-0.3, -0.25) is 4.79 Å². The van der Waals surface area contributed by atoms with Gasteiger partial charge in [0, 0.05) is 0 Å². The standard InChI is InChI=1S/C51H102O2/c1-3-5-7-9-11-13-15-17-19-21-23-24-25-26-27-28-29-31-33-35-37-39-41-43-45-47-49-50(51(52)53)48-46-44-42-40-38-36-34-32-30-22-20-18-16-14-12-10-8-6-4-2/h50H,3-49H2,1-2H3,(H,52,53). The molecule has 0 aromatic rings. The molecule has 318 valence electrons. The highest BCUT2D eigenvalue weighted by Crippen LogP contribution is 2.21. The SMILES string of the molecule is CCCCCCCCCCCCCCCCCCCCCCCCCCCCC(CCCCCCCCCCCCCCCCCCCCC)C(=O)O. The van der Waals surface area contributed by atoms with Crippen molar-refractivity contribution in [2.75, 3.05) is 0 Å². The van der Waals surface area contributed by atoms with Gasteiger partial charge in [-0.25, -0.2) is 0 Å². The number of unbranched alkanes of at least 4 members (excludes halogenated alkanes) is 43. The summed E-state index contributed by atoms with van der Waals surface area (Å²) >= 11 is 0. The van der Waals surface area contributed by atoms with Crippen molar-refractivity contribution in [3.05, 3.63) is 0 Å². The molecule has 1 N–H and O–H groups in total. The van der Waals surface area contributed by atoms with Gasteiger partial charge in [0.25, 0.3) is 0 Å². The number of carboxylic acids is 1. The maximum Gasteiger partial charge on any atom is 0.306 e. The fourth-order valence-corrected chi connectivity index (χ4v) is 8.57. The van der Waals surface area contributed by atoms with E-state index >= 15 is 0 Å². The summed E-state index contributed by atoms with van der Waals surface area (Å²) < 4.78 is 0. The summed E-state index contributed by atoms with van der Waals surface area (Å²) in [7, 11) is 0. The summed E-state index contributed by atoms with van der Waals surface area (Å²) in [6, 6.07) is 0. The number of hydrogen-bond acceptors (Lipinski definition) is 1. The molecule has 0 radical (unpaired) electrons. The van der Waals surface area contributed by atoms with Gasteiger partial charge in [-0.2, -0.15) is 0 Å². The molecule has 0 aromatic heterocycles. The van der Waals surface area contributed by atoms with Crippen LogP contribution in [0.3, 0.4) is 0 Å². The van der Waals surface area contributed by atoms with Gasteiger partial charge >= 0.3 is 5.97 Å². The Morgan fingerprint density at radius 1 is 0.264 bits per heavy atom. The Kier molecular flexibility index (Phi) is 47.1. The van der Waals surface area contributed by atoms with E-state index in [0.29, 0.717) is 0 Å². The van der Waals surface area contributed by atoms with E-state index in [4.69, 9.17) is 0 Å². The molecule has 0 aliphatic carbocycles. The Morgan fingerprint density at radius 2 is 0.396 bits per heavy atom. The molecular formula is C51H102O2. The second-order valence-corrected chi connectivity index (χ2v) is 17.8. The zero-order valence-electron chi connectivity index (χ0n) is 37.2. The molecule has 0 spiro atoms. The number of aliphatic carboxylic acids is 1. The lowest BCUT2D eigenvalue weighted by Crippen LogP contribution is -2.13. The average molecular weight is 747 g/mol. The minimum atomic E-state index is -0.549. The van der Waals surface area contributed by atoms with Crippen LogP contribution in [-0.2, 0) is 4.79 Å². The van der Waals surface area contributed by atoms with Crippen molar-refractivity contribution in [1.82, 2.24) is 0 Å². The van der Waals surface area contributed by atoms with Crippen LogP contribution >= 0.6 is 0 Å². The van der Waals surface area contributed by atoms with Gasteiger partial charge < -0.3 is 5.11 Å². The summed E-state index contributed by atoms with van der Waals surface area (Å²) in [6.07, 6.45) is 65.0. The van der Waals surface area contributed by atoms with E-state index in [0.717, 1.165) is 25.7 Å². The summed E-state index contributed by atoms with van der Waals surface area (Å²) in [4.78, 5) is 11.8. The first-order valence-corrected chi connectivity index (χ1v) is 25.4. The third kappa shape index (κ3) is 45.8. The van der Waals surface area contributed by atoms with Gasteiger partial charge in [0.05, 0.1) is 5.92 Å². The molecule has 2 heteroatoms. The van der Waals surface area contributed by atoms with Crippen LogP contribution in [0.5, 0.6) is 0 Å². The lowest BCUT2D eigenvalue weighted by Gasteiger charge is -2.12. The first-order chi connectivity index (χ1) is 26.2. The van der Waals surface area contributed by atoms with Crippen LogP contribution in [0.4, 0.5) is 0 Å². The first kappa shape index (κ1) is 52.5. The van der Waals surface area contributed by atoms with Gasteiger partial charge in [-0.05, 0) is 12.8 Å². The second-order valence-electron chi connectivity index (χ2n) is 17.8. The number of hydrogen-bond donors (Lipinski definition) is 1. The quantitative estimate of drug-likeness (QED) is 0.0630.